The third-order valence-electron chi connectivity index (χ3n) is 5.14. The van der Waals surface area contributed by atoms with Crippen molar-refractivity contribution in [2.45, 2.75) is 78.2 Å². The molecular formula is C21H34O4. The Balaban J connectivity index is 3.00. The number of rotatable bonds is 10. The Morgan fingerprint density at radius 2 is 2.08 bits per heavy atom. The number of allylic oxidation sites excluding steroid dienone is 3. The van der Waals surface area contributed by atoms with E-state index in [1.54, 1.807) is 0 Å². The van der Waals surface area contributed by atoms with Gasteiger partial charge in [-0.05, 0) is 31.6 Å². The first-order valence-electron chi connectivity index (χ1n) is 9.42. The number of carbonyl (C=O) groups excluding carboxylic acids is 2. The van der Waals surface area contributed by atoms with E-state index >= 15 is 0 Å². The van der Waals surface area contributed by atoms with Crippen LogP contribution in [0.2, 0.25) is 0 Å². The summed E-state index contributed by atoms with van der Waals surface area (Å²) in [6.45, 7) is 7.61. The number of carbonyl (C=O) groups is 2. The van der Waals surface area contributed by atoms with E-state index in [1.165, 1.54) is 26.9 Å². The van der Waals surface area contributed by atoms with E-state index < -0.39 is 23.0 Å². The van der Waals surface area contributed by atoms with Crippen LogP contribution in [0.1, 0.15) is 72.6 Å². The van der Waals surface area contributed by atoms with Crippen molar-refractivity contribution in [1.29, 1.82) is 0 Å². The fraction of sp³-hybridized carbons (Fsp3) is 0.714. The molecule has 0 unspecified atom stereocenters. The molecule has 1 rings (SSSR count). The molecule has 0 fully saturated rings. The monoisotopic (exact) mass is 350 g/mol. The molecular weight excluding hydrogens is 316 g/mol. The molecule has 0 spiro atoms. The third-order valence-corrected chi connectivity index (χ3v) is 5.14. The molecule has 0 radical (unpaired) electrons. The Morgan fingerprint density at radius 1 is 1.36 bits per heavy atom. The van der Waals surface area contributed by atoms with Gasteiger partial charge in [0.25, 0.3) is 0 Å². The second-order valence-electron chi connectivity index (χ2n) is 7.43. The summed E-state index contributed by atoms with van der Waals surface area (Å²) in [6, 6.07) is 0. The van der Waals surface area contributed by atoms with Crippen LogP contribution in [0.3, 0.4) is 0 Å². The highest BCUT2D eigenvalue weighted by Crippen LogP contribution is 2.48. The smallest absolute Gasteiger partial charge is 0.351 e. The number of esters is 2. The predicted molar refractivity (Wildman–Crippen MR) is 100 cm³/mol. The molecule has 25 heavy (non-hydrogen) atoms. The molecule has 1 aliphatic carbocycles. The van der Waals surface area contributed by atoms with E-state index in [-0.39, 0.29) is 5.92 Å². The maximum atomic E-state index is 12.8. The fourth-order valence-corrected chi connectivity index (χ4v) is 3.65. The van der Waals surface area contributed by atoms with Crippen LogP contribution in [-0.2, 0) is 19.1 Å². The van der Waals surface area contributed by atoms with E-state index in [2.05, 4.69) is 32.1 Å². The Hall–Kier alpha value is -1.58. The molecule has 0 bridgehead atoms. The first-order valence-corrected chi connectivity index (χ1v) is 9.42. The van der Waals surface area contributed by atoms with Crippen LogP contribution in [0.5, 0.6) is 0 Å². The van der Waals surface area contributed by atoms with Crippen molar-refractivity contribution in [1.82, 2.24) is 0 Å². The number of ether oxygens (including phenoxy) is 2. The highest BCUT2D eigenvalue weighted by Gasteiger charge is 2.57. The summed E-state index contributed by atoms with van der Waals surface area (Å²) in [5.41, 5.74) is -1.80. The van der Waals surface area contributed by atoms with Crippen molar-refractivity contribution in [3.8, 4) is 0 Å². The summed E-state index contributed by atoms with van der Waals surface area (Å²) in [5, 5.41) is 0. The summed E-state index contributed by atoms with van der Waals surface area (Å²) in [7, 11) is 1.36. The van der Waals surface area contributed by atoms with Gasteiger partial charge in [0, 0.05) is 18.8 Å². The minimum absolute atomic E-state index is 0.196. The van der Waals surface area contributed by atoms with Crippen molar-refractivity contribution in [2.75, 3.05) is 7.11 Å². The molecule has 0 aromatic rings. The maximum Gasteiger partial charge on any atom is 0.351 e. The SMILES string of the molecule is CCCC/C=C\C[C@H](C)C[C@](OC(C)=O)(C(=O)OC)[C@]1(C)C=CCC1. The Kier molecular flexibility index (Phi) is 8.40. The quantitative estimate of drug-likeness (QED) is 0.317. The van der Waals surface area contributed by atoms with Crippen molar-refractivity contribution < 1.29 is 19.1 Å². The topological polar surface area (TPSA) is 52.6 Å². The molecule has 0 aromatic heterocycles. The standard InChI is InChI=1S/C21H34O4/c1-6-7-8-9-10-13-17(2)16-21(19(23)24-5,25-18(3)22)20(4)14-11-12-15-20/h9-11,14,17H,6-8,12-13,15-16H2,1-5H3/b10-9-/t17-,20+,21-/m0/s1. The van der Waals surface area contributed by atoms with Gasteiger partial charge in [0.2, 0.25) is 5.60 Å². The van der Waals surface area contributed by atoms with Gasteiger partial charge in [-0.15, -0.1) is 0 Å². The van der Waals surface area contributed by atoms with Gasteiger partial charge < -0.3 is 9.47 Å². The minimum atomic E-state index is -1.27. The Bertz CT molecular complexity index is 508. The van der Waals surface area contributed by atoms with Gasteiger partial charge in [0.05, 0.1) is 7.11 Å². The normalized spacial score (nSPS) is 23.4. The number of methoxy groups -OCH3 is 1. The molecule has 4 heteroatoms. The molecule has 0 saturated carbocycles. The van der Waals surface area contributed by atoms with Crippen LogP contribution < -0.4 is 0 Å². The second kappa shape index (κ2) is 9.79. The number of hydrogen-bond acceptors (Lipinski definition) is 4. The maximum absolute atomic E-state index is 12.8. The average Bonchev–Trinajstić information content (AvgIpc) is 3.01. The lowest BCUT2D eigenvalue weighted by molar-refractivity contribution is -0.195. The molecule has 0 aromatic carbocycles. The zero-order valence-corrected chi connectivity index (χ0v) is 16.5. The Labute approximate surface area is 152 Å². The van der Waals surface area contributed by atoms with Crippen LogP contribution in [0.15, 0.2) is 24.3 Å². The molecule has 0 saturated heterocycles. The van der Waals surface area contributed by atoms with Gasteiger partial charge in [0.1, 0.15) is 0 Å². The van der Waals surface area contributed by atoms with Crippen molar-refractivity contribution in [3.63, 3.8) is 0 Å². The molecule has 0 aliphatic heterocycles. The van der Waals surface area contributed by atoms with Crippen LogP contribution >= 0.6 is 0 Å². The summed E-state index contributed by atoms with van der Waals surface area (Å²) < 4.78 is 10.8. The van der Waals surface area contributed by atoms with Crippen molar-refractivity contribution in [3.05, 3.63) is 24.3 Å². The minimum Gasteiger partial charge on any atom is -0.466 e. The third kappa shape index (κ3) is 5.45. The van der Waals surface area contributed by atoms with Gasteiger partial charge in [-0.3, -0.25) is 4.79 Å². The molecule has 0 amide bonds. The van der Waals surface area contributed by atoms with E-state index in [9.17, 15) is 9.59 Å². The summed E-state index contributed by atoms with van der Waals surface area (Å²) in [6.07, 6.45) is 14.8. The molecule has 1 aliphatic rings. The van der Waals surface area contributed by atoms with Crippen molar-refractivity contribution in [2.24, 2.45) is 11.3 Å². The fourth-order valence-electron chi connectivity index (χ4n) is 3.65. The predicted octanol–water partition coefficient (Wildman–Crippen LogP) is 4.98. The largest absolute Gasteiger partial charge is 0.466 e. The highest BCUT2D eigenvalue weighted by molar-refractivity contribution is 5.84. The van der Waals surface area contributed by atoms with E-state index in [0.29, 0.717) is 6.42 Å². The van der Waals surface area contributed by atoms with Gasteiger partial charge in [0.15, 0.2) is 0 Å². The Morgan fingerprint density at radius 3 is 2.60 bits per heavy atom. The number of hydrogen-bond donors (Lipinski definition) is 0. The van der Waals surface area contributed by atoms with Gasteiger partial charge >= 0.3 is 11.9 Å². The lowest BCUT2D eigenvalue weighted by atomic mass is 9.68. The van der Waals surface area contributed by atoms with Crippen molar-refractivity contribution >= 4 is 11.9 Å². The van der Waals surface area contributed by atoms with Crippen LogP contribution in [-0.4, -0.2) is 24.6 Å². The zero-order chi connectivity index (χ0) is 18.9. The van der Waals surface area contributed by atoms with Crippen LogP contribution in [0.25, 0.3) is 0 Å². The summed E-state index contributed by atoms with van der Waals surface area (Å²) in [5.74, 6) is -0.710. The van der Waals surface area contributed by atoms with E-state index in [4.69, 9.17) is 9.47 Å². The van der Waals surface area contributed by atoms with Crippen LogP contribution in [0, 0.1) is 11.3 Å². The summed E-state index contributed by atoms with van der Waals surface area (Å²) >= 11 is 0. The zero-order valence-electron chi connectivity index (χ0n) is 16.5. The van der Waals surface area contributed by atoms with Gasteiger partial charge in [-0.1, -0.05) is 57.9 Å². The van der Waals surface area contributed by atoms with E-state index in [0.717, 1.165) is 25.7 Å². The van der Waals surface area contributed by atoms with Crippen LogP contribution in [0.4, 0.5) is 0 Å². The summed E-state index contributed by atoms with van der Waals surface area (Å²) in [4.78, 5) is 24.6. The molecule has 0 heterocycles. The number of unbranched alkanes of at least 4 members (excludes halogenated alkanes) is 2. The average molecular weight is 350 g/mol. The first-order chi connectivity index (χ1) is 11.8. The highest BCUT2D eigenvalue weighted by atomic mass is 16.6. The lowest BCUT2D eigenvalue weighted by Gasteiger charge is -2.43. The molecule has 4 nitrogen and oxygen atoms in total. The first kappa shape index (κ1) is 21.5. The van der Waals surface area contributed by atoms with Gasteiger partial charge in [-0.25, -0.2) is 4.79 Å². The molecule has 142 valence electrons. The second-order valence-corrected chi connectivity index (χ2v) is 7.43. The lowest BCUT2D eigenvalue weighted by Crippen LogP contribution is -2.55. The molecule has 0 N–H and O–H groups in total. The van der Waals surface area contributed by atoms with E-state index in [1.807, 2.05) is 13.0 Å². The molecule has 3 atom stereocenters. The van der Waals surface area contributed by atoms with Gasteiger partial charge in [-0.2, -0.15) is 0 Å².